The van der Waals surface area contributed by atoms with Crippen LogP contribution in [0.3, 0.4) is 0 Å². The number of hydrogen-bond acceptors (Lipinski definition) is 2. The largest absolute Gasteiger partial charge is 0.468 e. The van der Waals surface area contributed by atoms with Crippen molar-refractivity contribution in [1.82, 2.24) is 5.06 Å². The van der Waals surface area contributed by atoms with Gasteiger partial charge in [-0.3, -0.25) is 0 Å². The number of hydrogen-bond donors (Lipinski definition) is 0. The summed E-state index contributed by atoms with van der Waals surface area (Å²) in [5.74, 6) is 0. The van der Waals surface area contributed by atoms with Crippen LogP contribution in [0.4, 0.5) is 4.79 Å². The maximum Gasteiger partial charge on any atom is 0.468 e. The standard InChI is InChI=1S/C19H37NO2/c1-2-3-4-5-6-7-8-9-10-11-12-13-14-15-16-17-18-20-19(21)22-20/h2-18H2,1H3. The molecule has 0 aromatic heterocycles. The Kier molecular flexibility index (Phi) is 12.2. The van der Waals surface area contributed by atoms with Gasteiger partial charge in [-0.1, -0.05) is 103 Å². The van der Waals surface area contributed by atoms with Gasteiger partial charge >= 0.3 is 6.09 Å². The molecule has 22 heavy (non-hydrogen) atoms. The molecule has 0 aromatic carbocycles. The molecule has 0 atom stereocenters. The lowest BCUT2D eigenvalue weighted by atomic mass is 10.0. The summed E-state index contributed by atoms with van der Waals surface area (Å²) in [4.78, 5) is 15.2. The fourth-order valence-electron chi connectivity index (χ4n) is 3.01. The van der Waals surface area contributed by atoms with E-state index in [1.165, 1.54) is 101 Å². The predicted octanol–water partition coefficient (Wildman–Crippen LogP) is 6.62. The Bertz CT molecular complexity index is 268. The molecule has 3 nitrogen and oxygen atoms in total. The molecule has 1 aliphatic heterocycles. The first kappa shape index (κ1) is 19.3. The lowest BCUT2D eigenvalue weighted by Gasteiger charge is -2.03. The number of amides is 1. The van der Waals surface area contributed by atoms with Crippen molar-refractivity contribution in [2.24, 2.45) is 0 Å². The second kappa shape index (κ2) is 13.9. The first-order valence-electron chi connectivity index (χ1n) is 9.84. The zero-order valence-corrected chi connectivity index (χ0v) is 14.8. The molecule has 1 heterocycles. The minimum atomic E-state index is -0.152. The van der Waals surface area contributed by atoms with E-state index in [-0.39, 0.29) is 6.09 Å². The van der Waals surface area contributed by atoms with Crippen LogP contribution in [-0.4, -0.2) is 17.7 Å². The van der Waals surface area contributed by atoms with Crippen molar-refractivity contribution in [2.75, 3.05) is 6.54 Å². The van der Waals surface area contributed by atoms with Crippen molar-refractivity contribution in [1.29, 1.82) is 0 Å². The Balaban J connectivity index is 1.62. The molecule has 0 aromatic rings. The lowest BCUT2D eigenvalue weighted by Crippen LogP contribution is -1.99. The normalized spacial score (nSPS) is 13.5. The Morgan fingerprint density at radius 3 is 1.27 bits per heavy atom. The predicted molar refractivity (Wildman–Crippen MR) is 92.7 cm³/mol. The number of carbonyl (C=O) groups excluding carboxylic acids is 1. The number of carbonyl (C=O) groups is 1. The summed E-state index contributed by atoms with van der Waals surface area (Å²) in [5.41, 5.74) is 0. The van der Waals surface area contributed by atoms with Crippen molar-refractivity contribution >= 4 is 6.09 Å². The van der Waals surface area contributed by atoms with Gasteiger partial charge in [0.05, 0.1) is 6.54 Å². The first-order chi connectivity index (χ1) is 10.8. The third-order valence-corrected chi connectivity index (χ3v) is 4.57. The molecule has 0 N–H and O–H groups in total. The second-order valence-electron chi connectivity index (χ2n) is 6.76. The molecule has 3 heteroatoms. The maximum atomic E-state index is 10.6. The monoisotopic (exact) mass is 311 g/mol. The van der Waals surface area contributed by atoms with Gasteiger partial charge in [0, 0.05) is 0 Å². The average Bonchev–Trinajstić information content (AvgIpc) is 3.22. The minimum Gasteiger partial charge on any atom is -0.314 e. The number of unbranched alkanes of at least 4 members (excludes halogenated alkanes) is 15. The Hall–Kier alpha value is -0.730. The van der Waals surface area contributed by atoms with E-state index >= 15 is 0 Å². The van der Waals surface area contributed by atoms with Gasteiger partial charge in [-0.05, 0) is 6.42 Å². The van der Waals surface area contributed by atoms with Gasteiger partial charge in [0.1, 0.15) is 0 Å². The van der Waals surface area contributed by atoms with Crippen LogP contribution in [0.25, 0.3) is 0 Å². The van der Waals surface area contributed by atoms with Crippen molar-refractivity contribution in [3.8, 4) is 0 Å². The van der Waals surface area contributed by atoms with Gasteiger partial charge in [-0.2, -0.15) is 0 Å². The Morgan fingerprint density at radius 2 is 0.955 bits per heavy atom. The lowest BCUT2D eigenvalue weighted by molar-refractivity contribution is 0.196. The second-order valence-corrected chi connectivity index (χ2v) is 6.76. The average molecular weight is 312 g/mol. The van der Waals surface area contributed by atoms with Gasteiger partial charge < -0.3 is 4.84 Å². The summed E-state index contributed by atoms with van der Waals surface area (Å²) in [6.45, 7) is 3.07. The smallest absolute Gasteiger partial charge is 0.314 e. The summed E-state index contributed by atoms with van der Waals surface area (Å²) < 4.78 is 0. The Labute approximate surface area is 137 Å². The van der Waals surface area contributed by atoms with E-state index in [9.17, 15) is 4.79 Å². The van der Waals surface area contributed by atoms with Crippen molar-refractivity contribution in [3.63, 3.8) is 0 Å². The molecular weight excluding hydrogens is 274 g/mol. The molecule has 130 valence electrons. The van der Waals surface area contributed by atoms with Crippen LogP contribution >= 0.6 is 0 Å². The summed E-state index contributed by atoms with van der Waals surface area (Å²) in [6.07, 6.45) is 21.9. The molecule has 0 saturated carbocycles. The summed E-state index contributed by atoms with van der Waals surface area (Å²) in [6, 6.07) is 0. The SMILES string of the molecule is CCCCCCCCCCCCCCCCCCN1OC1=O. The molecule has 0 aliphatic carbocycles. The summed E-state index contributed by atoms with van der Waals surface area (Å²) >= 11 is 0. The molecule has 0 unspecified atom stereocenters. The van der Waals surface area contributed by atoms with Gasteiger partial charge in [-0.25, -0.2) is 4.79 Å². The van der Waals surface area contributed by atoms with E-state index < -0.39 is 0 Å². The van der Waals surface area contributed by atoms with Crippen LogP contribution in [0.15, 0.2) is 0 Å². The van der Waals surface area contributed by atoms with E-state index in [0.717, 1.165) is 13.0 Å². The van der Waals surface area contributed by atoms with Crippen molar-refractivity contribution in [3.05, 3.63) is 0 Å². The first-order valence-corrected chi connectivity index (χ1v) is 9.84. The third-order valence-electron chi connectivity index (χ3n) is 4.57. The van der Waals surface area contributed by atoms with Crippen LogP contribution in [0.2, 0.25) is 0 Å². The van der Waals surface area contributed by atoms with Crippen molar-refractivity contribution < 1.29 is 9.63 Å². The van der Waals surface area contributed by atoms with Crippen LogP contribution < -0.4 is 0 Å². The number of nitrogens with zero attached hydrogens (tertiary/aromatic N) is 1. The third kappa shape index (κ3) is 11.9. The highest BCUT2D eigenvalue weighted by atomic mass is 16.9. The summed E-state index contributed by atoms with van der Waals surface area (Å²) in [5, 5.41) is 1.45. The zero-order valence-electron chi connectivity index (χ0n) is 14.8. The van der Waals surface area contributed by atoms with Crippen LogP contribution in [0, 0.1) is 0 Å². The topological polar surface area (TPSA) is 32.6 Å². The van der Waals surface area contributed by atoms with E-state index in [4.69, 9.17) is 0 Å². The minimum absolute atomic E-state index is 0.152. The fraction of sp³-hybridized carbons (Fsp3) is 0.947. The van der Waals surface area contributed by atoms with E-state index in [2.05, 4.69) is 11.8 Å². The van der Waals surface area contributed by atoms with E-state index in [1.54, 1.807) is 0 Å². The van der Waals surface area contributed by atoms with E-state index in [1.807, 2.05) is 0 Å². The molecule has 1 rings (SSSR count). The summed E-state index contributed by atoms with van der Waals surface area (Å²) in [7, 11) is 0. The molecule has 0 spiro atoms. The molecule has 1 fully saturated rings. The van der Waals surface area contributed by atoms with E-state index in [0.29, 0.717) is 0 Å². The fourth-order valence-corrected chi connectivity index (χ4v) is 3.01. The van der Waals surface area contributed by atoms with Gasteiger partial charge in [-0.15, -0.1) is 5.06 Å². The van der Waals surface area contributed by atoms with Crippen LogP contribution in [0.5, 0.6) is 0 Å². The highest BCUT2D eigenvalue weighted by molar-refractivity contribution is 5.76. The maximum absolute atomic E-state index is 10.6. The van der Waals surface area contributed by atoms with Crippen LogP contribution in [-0.2, 0) is 4.84 Å². The Morgan fingerprint density at radius 1 is 0.636 bits per heavy atom. The molecule has 0 bridgehead atoms. The van der Waals surface area contributed by atoms with Gasteiger partial charge in [0.2, 0.25) is 0 Å². The van der Waals surface area contributed by atoms with Crippen molar-refractivity contribution in [2.45, 2.75) is 110 Å². The molecule has 1 saturated heterocycles. The van der Waals surface area contributed by atoms with Gasteiger partial charge in [0.25, 0.3) is 0 Å². The zero-order chi connectivity index (χ0) is 15.9. The number of rotatable bonds is 17. The number of hydroxylamine groups is 2. The molecule has 1 aliphatic rings. The highest BCUT2D eigenvalue weighted by Crippen LogP contribution is 2.15. The quantitative estimate of drug-likeness (QED) is 0.223. The molecule has 1 amide bonds. The van der Waals surface area contributed by atoms with Crippen LogP contribution in [0.1, 0.15) is 110 Å². The molecule has 0 radical (unpaired) electrons. The van der Waals surface area contributed by atoms with Gasteiger partial charge in [0.15, 0.2) is 0 Å². The molecular formula is C19H37NO2. The highest BCUT2D eigenvalue weighted by Gasteiger charge is 2.32.